The van der Waals surface area contributed by atoms with Crippen molar-refractivity contribution in [3.8, 4) is 0 Å². The van der Waals surface area contributed by atoms with E-state index in [-0.39, 0.29) is 12.3 Å². The third kappa shape index (κ3) is 3.05. The van der Waals surface area contributed by atoms with Gasteiger partial charge in [0, 0.05) is 6.54 Å². The number of hydrogen-bond donors (Lipinski definition) is 1. The van der Waals surface area contributed by atoms with E-state index in [4.69, 9.17) is 10.1 Å². The summed E-state index contributed by atoms with van der Waals surface area (Å²) in [4.78, 5) is 25.2. The second-order valence-electron chi connectivity index (χ2n) is 6.14. The van der Waals surface area contributed by atoms with Crippen LogP contribution in [0.2, 0.25) is 0 Å². The van der Waals surface area contributed by atoms with Gasteiger partial charge < -0.3 is 14.9 Å². The molecule has 1 amide bonds. The first-order valence-electron chi connectivity index (χ1n) is 6.18. The molecule has 1 atom stereocenters. The lowest BCUT2D eigenvalue weighted by Gasteiger charge is -2.33. The first-order valence-corrected chi connectivity index (χ1v) is 6.18. The van der Waals surface area contributed by atoms with Gasteiger partial charge in [-0.05, 0) is 34.6 Å². The van der Waals surface area contributed by atoms with Crippen LogP contribution in [0.5, 0.6) is 0 Å². The zero-order valence-electron chi connectivity index (χ0n) is 12.4. The number of methoxy groups -OCH3 is 1. The van der Waals surface area contributed by atoms with Crippen molar-refractivity contribution in [2.75, 3.05) is 13.7 Å². The van der Waals surface area contributed by atoms with Gasteiger partial charge >= 0.3 is 12.1 Å². The van der Waals surface area contributed by atoms with Crippen molar-refractivity contribution in [2.45, 2.75) is 45.8 Å². The van der Waals surface area contributed by atoms with E-state index in [1.165, 1.54) is 12.0 Å². The normalized spacial score (nSPS) is 22.3. The molecule has 0 spiro atoms. The molecule has 6 nitrogen and oxygen atoms in total. The van der Waals surface area contributed by atoms with Gasteiger partial charge in [0.2, 0.25) is 0 Å². The predicted molar refractivity (Wildman–Crippen MR) is 70.3 cm³/mol. The Balaban J connectivity index is 2.94. The lowest BCUT2D eigenvalue weighted by atomic mass is 9.94. The van der Waals surface area contributed by atoms with Crippen LogP contribution in [0.3, 0.4) is 0 Å². The molecule has 19 heavy (non-hydrogen) atoms. The average Bonchev–Trinajstić information content (AvgIpc) is 2.48. The Morgan fingerprint density at radius 1 is 1.37 bits per heavy atom. The van der Waals surface area contributed by atoms with E-state index in [1.54, 1.807) is 34.6 Å². The maximum Gasteiger partial charge on any atom is 0.411 e. The Bertz CT molecular complexity index is 409. The molecule has 0 radical (unpaired) electrons. The molecule has 6 heteroatoms. The van der Waals surface area contributed by atoms with Crippen LogP contribution in [0.25, 0.3) is 0 Å². The van der Waals surface area contributed by atoms with Crippen LogP contribution in [-0.4, -0.2) is 47.5 Å². The SMILES string of the molecule is COC(=O)C1CN(C(=O)OC(C)(C)C)C(C)(C)C1=N. The molecule has 1 heterocycles. The second-order valence-corrected chi connectivity index (χ2v) is 6.14. The molecule has 1 fully saturated rings. The predicted octanol–water partition coefficient (Wildman–Crippen LogP) is 1.82. The Morgan fingerprint density at radius 2 is 1.89 bits per heavy atom. The number of carbonyl (C=O) groups excluding carboxylic acids is 2. The molecule has 108 valence electrons. The molecule has 1 N–H and O–H groups in total. The number of nitrogens with one attached hydrogen (secondary N) is 1. The third-order valence-electron chi connectivity index (χ3n) is 3.15. The number of rotatable bonds is 1. The van der Waals surface area contributed by atoms with Crippen LogP contribution in [0.4, 0.5) is 4.79 Å². The van der Waals surface area contributed by atoms with E-state index in [9.17, 15) is 9.59 Å². The Hall–Kier alpha value is -1.59. The fourth-order valence-electron chi connectivity index (χ4n) is 2.03. The highest BCUT2D eigenvalue weighted by atomic mass is 16.6. The zero-order chi connectivity index (χ0) is 15.0. The minimum Gasteiger partial charge on any atom is -0.468 e. The number of amides is 1. The number of carbonyl (C=O) groups is 2. The highest BCUT2D eigenvalue weighted by Gasteiger charge is 2.50. The fourth-order valence-corrected chi connectivity index (χ4v) is 2.03. The van der Waals surface area contributed by atoms with Crippen LogP contribution in [0.1, 0.15) is 34.6 Å². The van der Waals surface area contributed by atoms with Gasteiger partial charge in [0.05, 0.1) is 18.4 Å². The van der Waals surface area contributed by atoms with Crippen molar-refractivity contribution in [1.29, 1.82) is 5.41 Å². The first kappa shape index (κ1) is 15.5. The standard InChI is InChI=1S/C13H22N2O4/c1-12(2,3)19-11(17)15-7-8(10(16)18-6)9(14)13(15,4)5/h8,14H,7H2,1-6H3. The van der Waals surface area contributed by atoms with E-state index in [0.717, 1.165) is 0 Å². The summed E-state index contributed by atoms with van der Waals surface area (Å²) in [5.74, 6) is -1.21. The summed E-state index contributed by atoms with van der Waals surface area (Å²) in [7, 11) is 1.28. The maximum atomic E-state index is 12.1. The first-order chi connectivity index (χ1) is 8.50. The number of nitrogens with zero attached hydrogens (tertiary/aromatic N) is 1. The van der Waals surface area contributed by atoms with Crippen molar-refractivity contribution < 1.29 is 19.1 Å². The zero-order valence-corrected chi connectivity index (χ0v) is 12.4. The Kier molecular flexibility index (Phi) is 3.93. The maximum absolute atomic E-state index is 12.1. The van der Waals surface area contributed by atoms with Crippen molar-refractivity contribution in [3.63, 3.8) is 0 Å². The van der Waals surface area contributed by atoms with Crippen molar-refractivity contribution >= 4 is 17.8 Å². The van der Waals surface area contributed by atoms with Gasteiger partial charge in [-0.25, -0.2) is 4.79 Å². The summed E-state index contributed by atoms with van der Waals surface area (Å²) in [5.41, 5.74) is -1.29. The van der Waals surface area contributed by atoms with Gasteiger partial charge in [-0.3, -0.25) is 9.69 Å². The van der Waals surface area contributed by atoms with E-state index < -0.39 is 29.1 Å². The molecular formula is C13H22N2O4. The van der Waals surface area contributed by atoms with Crippen LogP contribution < -0.4 is 0 Å². The van der Waals surface area contributed by atoms with Crippen LogP contribution in [0.15, 0.2) is 0 Å². The highest BCUT2D eigenvalue weighted by molar-refractivity contribution is 6.09. The second kappa shape index (κ2) is 4.83. The molecule has 0 saturated carbocycles. The quantitative estimate of drug-likeness (QED) is 0.737. The minimum atomic E-state index is -0.846. The summed E-state index contributed by atoms with van der Waals surface area (Å²) in [6.07, 6.45) is -0.520. The van der Waals surface area contributed by atoms with Gasteiger partial charge in [0.15, 0.2) is 0 Å². The molecule has 0 bridgehead atoms. The Labute approximate surface area is 113 Å². The summed E-state index contributed by atoms with van der Waals surface area (Å²) in [6.45, 7) is 8.89. The van der Waals surface area contributed by atoms with Crippen molar-refractivity contribution in [2.24, 2.45) is 5.92 Å². The van der Waals surface area contributed by atoms with Gasteiger partial charge in [-0.2, -0.15) is 0 Å². The number of likely N-dealkylation sites (tertiary alicyclic amines) is 1. The largest absolute Gasteiger partial charge is 0.468 e. The summed E-state index contributed by atoms with van der Waals surface area (Å²) in [6, 6.07) is 0. The number of ether oxygens (including phenoxy) is 2. The third-order valence-corrected chi connectivity index (χ3v) is 3.15. The molecule has 0 aromatic heterocycles. The molecular weight excluding hydrogens is 248 g/mol. The monoisotopic (exact) mass is 270 g/mol. The van der Waals surface area contributed by atoms with Crippen LogP contribution >= 0.6 is 0 Å². The van der Waals surface area contributed by atoms with Crippen LogP contribution in [-0.2, 0) is 14.3 Å². The molecule has 0 aromatic carbocycles. The topological polar surface area (TPSA) is 79.7 Å². The molecule has 1 aliphatic heterocycles. The smallest absolute Gasteiger partial charge is 0.411 e. The van der Waals surface area contributed by atoms with Gasteiger partial charge in [0.1, 0.15) is 11.5 Å². The Morgan fingerprint density at radius 3 is 2.32 bits per heavy atom. The van der Waals surface area contributed by atoms with Crippen molar-refractivity contribution in [1.82, 2.24) is 4.90 Å². The van der Waals surface area contributed by atoms with E-state index in [2.05, 4.69) is 4.74 Å². The van der Waals surface area contributed by atoms with E-state index in [1.807, 2.05) is 0 Å². The minimum absolute atomic E-state index is 0.118. The summed E-state index contributed by atoms with van der Waals surface area (Å²) < 4.78 is 9.97. The van der Waals surface area contributed by atoms with Crippen LogP contribution in [0, 0.1) is 11.3 Å². The van der Waals surface area contributed by atoms with Gasteiger partial charge in [-0.15, -0.1) is 0 Å². The number of hydrogen-bond acceptors (Lipinski definition) is 5. The molecule has 1 aliphatic rings. The molecule has 1 saturated heterocycles. The fraction of sp³-hybridized carbons (Fsp3) is 0.769. The molecule has 0 aliphatic carbocycles. The van der Waals surface area contributed by atoms with E-state index >= 15 is 0 Å². The van der Waals surface area contributed by atoms with Crippen molar-refractivity contribution in [3.05, 3.63) is 0 Å². The van der Waals surface area contributed by atoms with Gasteiger partial charge in [-0.1, -0.05) is 0 Å². The summed E-state index contributed by atoms with van der Waals surface area (Å²) >= 11 is 0. The molecule has 0 aromatic rings. The summed E-state index contributed by atoms with van der Waals surface area (Å²) in [5, 5.41) is 8.05. The molecule has 1 unspecified atom stereocenters. The van der Waals surface area contributed by atoms with E-state index in [0.29, 0.717) is 0 Å². The lowest BCUT2D eigenvalue weighted by molar-refractivity contribution is -0.142. The number of esters is 1. The molecule has 1 rings (SSSR count). The average molecular weight is 270 g/mol. The highest BCUT2D eigenvalue weighted by Crippen LogP contribution is 2.31. The van der Waals surface area contributed by atoms with Gasteiger partial charge in [0.25, 0.3) is 0 Å². The lowest BCUT2D eigenvalue weighted by Crippen LogP contribution is -2.48.